The quantitative estimate of drug-likeness (QED) is 0.542. The van der Waals surface area contributed by atoms with Gasteiger partial charge in [0, 0.05) is 26.2 Å². The summed E-state index contributed by atoms with van der Waals surface area (Å²) in [5.74, 6) is 0. The Kier molecular flexibility index (Phi) is 8.39. The van der Waals surface area contributed by atoms with Gasteiger partial charge in [-0.1, -0.05) is 0 Å². The summed E-state index contributed by atoms with van der Waals surface area (Å²) in [5, 5.41) is 3.17. The van der Waals surface area contributed by atoms with E-state index in [1.807, 2.05) is 27.7 Å². The Morgan fingerprint density at radius 2 is 1.68 bits per heavy atom. The number of carbonyl (C=O) groups is 1. The molecule has 1 aliphatic heterocycles. The smallest absolute Gasteiger partial charge is 0.409 e. The Balaban J connectivity index is 2.32. The Morgan fingerprint density at radius 1 is 1.14 bits per heavy atom. The van der Waals surface area contributed by atoms with Crippen LogP contribution in [-0.2, 0) is 18.3 Å². The fraction of sp³-hybridized carbons (Fsp3) is 0.929. The van der Waals surface area contributed by atoms with Gasteiger partial charge >= 0.3 is 13.7 Å². The first-order valence-corrected chi connectivity index (χ1v) is 9.63. The molecule has 0 spiro atoms. The number of piperazine rings is 1. The summed E-state index contributed by atoms with van der Waals surface area (Å²) in [5.41, 5.74) is 0. The van der Waals surface area contributed by atoms with Crippen molar-refractivity contribution in [2.24, 2.45) is 0 Å². The molecule has 1 amide bonds. The molecule has 130 valence electrons. The molecular formula is C14H29N2O5P. The Labute approximate surface area is 133 Å². The molecule has 0 unspecified atom stereocenters. The van der Waals surface area contributed by atoms with Gasteiger partial charge in [-0.15, -0.1) is 0 Å². The van der Waals surface area contributed by atoms with Crippen LogP contribution in [0.4, 0.5) is 4.79 Å². The maximum absolute atomic E-state index is 12.6. The highest BCUT2D eigenvalue weighted by Gasteiger charge is 2.27. The van der Waals surface area contributed by atoms with Crippen molar-refractivity contribution in [1.29, 1.82) is 0 Å². The fourth-order valence-electron chi connectivity index (χ4n) is 2.13. The lowest BCUT2D eigenvalue weighted by Gasteiger charge is -2.26. The predicted molar refractivity (Wildman–Crippen MR) is 85.3 cm³/mol. The zero-order chi connectivity index (χ0) is 16.6. The second-order valence-electron chi connectivity index (χ2n) is 5.85. The lowest BCUT2D eigenvalue weighted by molar-refractivity contribution is 0.0960. The van der Waals surface area contributed by atoms with Crippen molar-refractivity contribution in [2.45, 2.75) is 46.3 Å². The third kappa shape index (κ3) is 7.58. The highest BCUT2D eigenvalue weighted by Crippen LogP contribution is 2.50. The van der Waals surface area contributed by atoms with Crippen molar-refractivity contribution in [3.8, 4) is 0 Å². The molecule has 1 N–H and O–H groups in total. The molecular weight excluding hydrogens is 307 g/mol. The van der Waals surface area contributed by atoms with Crippen LogP contribution in [0, 0.1) is 0 Å². The number of hydrogen-bond donors (Lipinski definition) is 1. The van der Waals surface area contributed by atoms with Gasteiger partial charge in [0.1, 0.15) is 0 Å². The molecule has 22 heavy (non-hydrogen) atoms. The molecule has 8 heteroatoms. The van der Waals surface area contributed by atoms with E-state index in [0.717, 1.165) is 13.1 Å². The number of nitrogens with one attached hydrogen (secondary N) is 1. The molecule has 0 bridgehead atoms. The number of carbonyl (C=O) groups excluding carboxylic acids is 1. The Morgan fingerprint density at radius 3 is 2.18 bits per heavy atom. The van der Waals surface area contributed by atoms with Gasteiger partial charge in [-0.05, 0) is 34.1 Å². The summed E-state index contributed by atoms with van der Waals surface area (Å²) in [6.45, 7) is 10.4. The first-order chi connectivity index (χ1) is 10.3. The van der Waals surface area contributed by atoms with E-state index in [1.54, 1.807) is 4.90 Å². The molecule has 0 aromatic carbocycles. The molecule has 0 aliphatic carbocycles. The lowest BCUT2D eigenvalue weighted by Crippen LogP contribution is -2.46. The Bertz CT molecular complexity index is 369. The topological polar surface area (TPSA) is 77.1 Å². The molecule has 1 saturated heterocycles. The van der Waals surface area contributed by atoms with Crippen LogP contribution >= 0.6 is 7.60 Å². The molecule has 1 rings (SSSR count). The van der Waals surface area contributed by atoms with Gasteiger partial charge < -0.3 is 24.0 Å². The predicted octanol–water partition coefficient (Wildman–Crippen LogP) is 2.46. The molecule has 7 nitrogen and oxygen atoms in total. The van der Waals surface area contributed by atoms with Gasteiger partial charge in [0.2, 0.25) is 0 Å². The summed E-state index contributed by atoms with van der Waals surface area (Å²) in [4.78, 5) is 13.5. The van der Waals surface area contributed by atoms with Crippen LogP contribution in [-0.4, -0.2) is 62.1 Å². The van der Waals surface area contributed by atoms with Gasteiger partial charge in [-0.3, -0.25) is 4.57 Å². The maximum Gasteiger partial charge on any atom is 0.409 e. The SMILES string of the molecule is CC(C)OP(=O)(CCCOC(=O)N1CCNCC1)OC(C)C. The van der Waals surface area contributed by atoms with Gasteiger partial charge in [0.25, 0.3) is 0 Å². The summed E-state index contributed by atoms with van der Waals surface area (Å²) in [7, 11) is -3.14. The second kappa shape index (κ2) is 9.50. The van der Waals surface area contributed by atoms with E-state index < -0.39 is 7.60 Å². The van der Waals surface area contributed by atoms with Crippen molar-refractivity contribution in [3.05, 3.63) is 0 Å². The highest BCUT2D eigenvalue weighted by atomic mass is 31.2. The first-order valence-electron chi connectivity index (χ1n) is 7.90. The van der Waals surface area contributed by atoms with Gasteiger partial charge in [-0.25, -0.2) is 4.79 Å². The minimum Gasteiger partial charge on any atom is -0.449 e. The van der Waals surface area contributed by atoms with Crippen molar-refractivity contribution in [3.63, 3.8) is 0 Å². The molecule has 1 fully saturated rings. The molecule has 0 aromatic heterocycles. The van der Waals surface area contributed by atoms with Crippen LogP contribution in [0.3, 0.4) is 0 Å². The maximum atomic E-state index is 12.6. The molecule has 0 aromatic rings. The van der Waals surface area contributed by atoms with Gasteiger partial charge in [0.15, 0.2) is 0 Å². The van der Waals surface area contributed by atoms with Gasteiger partial charge in [-0.2, -0.15) is 0 Å². The van der Waals surface area contributed by atoms with E-state index in [9.17, 15) is 9.36 Å². The summed E-state index contributed by atoms with van der Waals surface area (Å²) < 4.78 is 28.7. The monoisotopic (exact) mass is 336 g/mol. The summed E-state index contributed by atoms with van der Waals surface area (Å²) in [6.07, 6.45) is 0.0408. The molecule has 0 atom stereocenters. The van der Waals surface area contributed by atoms with Crippen LogP contribution in [0.5, 0.6) is 0 Å². The average molecular weight is 336 g/mol. The highest BCUT2D eigenvalue weighted by molar-refractivity contribution is 7.53. The van der Waals surface area contributed by atoms with E-state index in [2.05, 4.69) is 5.32 Å². The third-order valence-electron chi connectivity index (χ3n) is 2.92. The third-order valence-corrected chi connectivity index (χ3v) is 5.27. The van der Waals surface area contributed by atoms with E-state index in [0.29, 0.717) is 19.5 Å². The van der Waals surface area contributed by atoms with Crippen molar-refractivity contribution in [1.82, 2.24) is 10.2 Å². The average Bonchev–Trinajstić information content (AvgIpc) is 2.42. The van der Waals surface area contributed by atoms with Crippen LogP contribution in [0.1, 0.15) is 34.1 Å². The number of rotatable bonds is 8. The number of amides is 1. The van der Waals surface area contributed by atoms with E-state index in [1.165, 1.54) is 0 Å². The minimum absolute atomic E-state index is 0.173. The molecule has 1 heterocycles. The van der Waals surface area contributed by atoms with Gasteiger partial charge in [0.05, 0.1) is 25.0 Å². The van der Waals surface area contributed by atoms with Crippen molar-refractivity contribution in [2.75, 3.05) is 38.9 Å². The standard InChI is InChI=1S/C14H29N2O5P/c1-12(2)20-22(18,21-13(3)4)11-5-10-19-14(17)16-8-6-15-7-9-16/h12-13,15H,5-11H2,1-4H3. The second-order valence-corrected chi connectivity index (χ2v) is 7.94. The summed E-state index contributed by atoms with van der Waals surface area (Å²) in [6, 6.07) is 0. The van der Waals surface area contributed by atoms with E-state index >= 15 is 0 Å². The van der Waals surface area contributed by atoms with Crippen LogP contribution in [0.15, 0.2) is 0 Å². The molecule has 1 aliphatic rings. The van der Waals surface area contributed by atoms with E-state index in [4.69, 9.17) is 13.8 Å². The minimum atomic E-state index is -3.14. The zero-order valence-electron chi connectivity index (χ0n) is 14.0. The molecule has 0 radical (unpaired) electrons. The van der Waals surface area contributed by atoms with Crippen LogP contribution in [0.2, 0.25) is 0 Å². The number of nitrogens with zero attached hydrogens (tertiary/aromatic N) is 1. The van der Waals surface area contributed by atoms with Crippen LogP contribution in [0.25, 0.3) is 0 Å². The molecule has 0 saturated carbocycles. The van der Waals surface area contributed by atoms with E-state index in [-0.39, 0.29) is 31.1 Å². The fourth-order valence-corrected chi connectivity index (χ4v) is 4.19. The number of ether oxygens (including phenoxy) is 1. The largest absolute Gasteiger partial charge is 0.449 e. The first kappa shape index (κ1) is 19.4. The zero-order valence-corrected chi connectivity index (χ0v) is 14.9. The summed E-state index contributed by atoms with van der Waals surface area (Å²) >= 11 is 0. The Hall–Kier alpha value is -0.620. The van der Waals surface area contributed by atoms with Crippen molar-refractivity contribution < 1.29 is 23.1 Å². The lowest BCUT2D eigenvalue weighted by atomic mass is 10.4. The van der Waals surface area contributed by atoms with Crippen LogP contribution < -0.4 is 5.32 Å². The normalized spacial score (nSPS) is 16.4. The van der Waals surface area contributed by atoms with Crippen molar-refractivity contribution >= 4 is 13.7 Å². The number of hydrogen-bond acceptors (Lipinski definition) is 6.